The van der Waals surface area contributed by atoms with Gasteiger partial charge in [-0.3, -0.25) is 0 Å². The molecule has 2 nitrogen and oxygen atoms in total. The summed E-state index contributed by atoms with van der Waals surface area (Å²) in [6.45, 7) is 1.63. The molecular formula is C4H8Br2O2S. The quantitative estimate of drug-likeness (QED) is 0.735. The van der Waals surface area contributed by atoms with Crippen LogP contribution in [0.1, 0.15) is 6.92 Å². The van der Waals surface area contributed by atoms with Crippen LogP contribution in [0.5, 0.6) is 0 Å². The molecule has 0 saturated heterocycles. The number of halogens is 2. The predicted molar refractivity (Wildman–Crippen MR) is 46.0 cm³/mol. The van der Waals surface area contributed by atoms with Gasteiger partial charge in [-0.15, -0.1) is 0 Å². The third-order valence-electron chi connectivity index (χ3n) is 0.913. The van der Waals surface area contributed by atoms with E-state index in [1.165, 1.54) is 0 Å². The summed E-state index contributed by atoms with van der Waals surface area (Å²) < 4.78 is 21.3. The molecule has 0 bridgehead atoms. The molecule has 5 heteroatoms. The Morgan fingerprint density at radius 1 is 1.56 bits per heavy atom. The number of hydrogen-bond acceptors (Lipinski definition) is 2. The fraction of sp³-hybridized carbons (Fsp3) is 1.00. The average Bonchev–Trinajstić information content (AvgIpc) is 1.86. The van der Waals surface area contributed by atoms with Crippen molar-refractivity contribution >= 4 is 41.7 Å². The number of sulfone groups is 1. The number of alkyl halides is 2. The normalized spacial score (nSPS) is 15.4. The Bertz CT molecular complexity index is 163. The van der Waals surface area contributed by atoms with Gasteiger partial charge in [-0.05, 0) is 0 Å². The van der Waals surface area contributed by atoms with Crippen LogP contribution >= 0.6 is 31.9 Å². The average molecular weight is 280 g/mol. The third kappa shape index (κ3) is 3.00. The van der Waals surface area contributed by atoms with E-state index in [-0.39, 0.29) is 5.75 Å². The van der Waals surface area contributed by atoms with Crippen molar-refractivity contribution in [2.45, 2.75) is 11.1 Å². The molecule has 0 aromatic heterocycles. The van der Waals surface area contributed by atoms with E-state index in [1.807, 2.05) is 0 Å². The summed E-state index contributed by atoms with van der Waals surface area (Å²) in [7, 11) is -2.88. The summed E-state index contributed by atoms with van der Waals surface area (Å²) in [4.78, 5) is 0. The Morgan fingerprint density at radius 2 is 2.00 bits per heavy atom. The summed E-state index contributed by atoms with van der Waals surface area (Å²) in [5.74, 6) is 0.189. The van der Waals surface area contributed by atoms with E-state index in [9.17, 15) is 8.42 Å². The molecule has 0 aliphatic carbocycles. The largest absolute Gasteiger partial charge is 0.228 e. The first-order valence-corrected chi connectivity index (χ1v) is 6.21. The smallest absolute Gasteiger partial charge is 0.163 e. The van der Waals surface area contributed by atoms with E-state index in [2.05, 4.69) is 31.9 Å². The molecule has 0 fully saturated rings. The first-order chi connectivity index (χ1) is 4.04. The van der Waals surface area contributed by atoms with Gasteiger partial charge in [-0.1, -0.05) is 38.8 Å². The molecule has 0 rings (SSSR count). The highest BCUT2D eigenvalue weighted by Gasteiger charge is 2.17. The molecular weight excluding hydrogens is 272 g/mol. The Morgan fingerprint density at radius 3 is 2.11 bits per heavy atom. The second-order valence-corrected chi connectivity index (χ2v) is 6.35. The monoisotopic (exact) mass is 278 g/mol. The van der Waals surface area contributed by atoms with Crippen LogP contribution in [0.25, 0.3) is 0 Å². The molecule has 0 unspecified atom stereocenters. The molecule has 0 radical (unpaired) electrons. The van der Waals surface area contributed by atoms with Crippen molar-refractivity contribution in [3.63, 3.8) is 0 Å². The number of rotatable bonds is 3. The SMILES string of the molecule is CCS(=O)(=O)[C@H](Br)CBr. The van der Waals surface area contributed by atoms with Crippen LogP contribution in [0.2, 0.25) is 0 Å². The van der Waals surface area contributed by atoms with Gasteiger partial charge in [-0.25, -0.2) is 8.42 Å². The standard InChI is InChI=1S/C4H8Br2O2S/c1-2-9(7,8)4(6)3-5/h4H,2-3H2,1H3/t4-/m0/s1. The lowest BCUT2D eigenvalue weighted by atomic mass is 11.0. The molecule has 0 saturated carbocycles. The van der Waals surface area contributed by atoms with Crippen LogP contribution in [0.3, 0.4) is 0 Å². The first kappa shape index (κ1) is 9.91. The summed E-state index contributed by atoms with van der Waals surface area (Å²) in [6, 6.07) is 0. The van der Waals surface area contributed by atoms with Gasteiger partial charge in [-0.2, -0.15) is 0 Å². The van der Waals surface area contributed by atoms with Crippen molar-refractivity contribution < 1.29 is 8.42 Å². The van der Waals surface area contributed by atoms with Crippen molar-refractivity contribution in [1.29, 1.82) is 0 Å². The van der Waals surface area contributed by atoms with E-state index >= 15 is 0 Å². The summed E-state index contributed by atoms with van der Waals surface area (Å²) >= 11 is 6.09. The van der Waals surface area contributed by atoms with Crippen LogP contribution in [0.4, 0.5) is 0 Å². The van der Waals surface area contributed by atoms with Crippen molar-refractivity contribution in [3.8, 4) is 0 Å². The van der Waals surface area contributed by atoms with Gasteiger partial charge in [0.2, 0.25) is 0 Å². The minimum Gasteiger partial charge on any atom is -0.228 e. The lowest BCUT2D eigenvalue weighted by molar-refractivity contribution is 0.597. The van der Waals surface area contributed by atoms with Crippen LogP contribution in [-0.4, -0.2) is 23.7 Å². The van der Waals surface area contributed by atoms with E-state index in [4.69, 9.17) is 0 Å². The molecule has 0 aliphatic rings. The highest BCUT2D eigenvalue weighted by Crippen LogP contribution is 2.12. The van der Waals surface area contributed by atoms with Crippen LogP contribution < -0.4 is 0 Å². The molecule has 1 atom stereocenters. The van der Waals surface area contributed by atoms with Crippen LogP contribution in [0.15, 0.2) is 0 Å². The molecule has 0 aromatic carbocycles. The Hall–Kier alpha value is 0.910. The van der Waals surface area contributed by atoms with E-state index in [1.54, 1.807) is 6.92 Å². The van der Waals surface area contributed by atoms with Gasteiger partial charge in [0.25, 0.3) is 0 Å². The first-order valence-electron chi connectivity index (χ1n) is 2.46. The minimum absolute atomic E-state index is 0.189. The molecule has 0 heterocycles. The van der Waals surface area contributed by atoms with Gasteiger partial charge in [0.15, 0.2) is 9.84 Å². The molecule has 0 spiro atoms. The maximum atomic E-state index is 10.9. The minimum atomic E-state index is -2.88. The highest BCUT2D eigenvalue weighted by molar-refractivity contribution is 9.13. The van der Waals surface area contributed by atoms with Crippen molar-refractivity contribution in [1.82, 2.24) is 0 Å². The van der Waals surface area contributed by atoms with Gasteiger partial charge >= 0.3 is 0 Å². The van der Waals surface area contributed by atoms with E-state index in [0.717, 1.165) is 0 Å². The maximum absolute atomic E-state index is 10.9. The van der Waals surface area contributed by atoms with Gasteiger partial charge in [0, 0.05) is 11.1 Å². The number of hydrogen-bond donors (Lipinski definition) is 0. The summed E-state index contributed by atoms with van der Waals surface area (Å²) in [5, 5.41) is 0.448. The second-order valence-electron chi connectivity index (χ2n) is 1.52. The molecule has 9 heavy (non-hydrogen) atoms. The Balaban J connectivity index is 4.17. The highest BCUT2D eigenvalue weighted by atomic mass is 79.9. The zero-order valence-electron chi connectivity index (χ0n) is 4.97. The zero-order chi connectivity index (χ0) is 7.49. The van der Waals surface area contributed by atoms with Crippen molar-refractivity contribution in [3.05, 3.63) is 0 Å². The van der Waals surface area contributed by atoms with Crippen LogP contribution in [0, 0.1) is 0 Å². The van der Waals surface area contributed by atoms with Gasteiger partial charge in [0.05, 0.1) is 0 Å². The summed E-state index contributed by atoms with van der Waals surface area (Å²) in [5.41, 5.74) is 0. The van der Waals surface area contributed by atoms with Gasteiger partial charge in [0.1, 0.15) is 4.16 Å². The molecule has 0 N–H and O–H groups in total. The fourth-order valence-electron chi connectivity index (χ4n) is 0.277. The predicted octanol–water partition coefficient (Wildman–Crippen LogP) is 1.54. The summed E-state index contributed by atoms with van der Waals surface area (Å²) in [6.07, 6.45) is 0. The molecule has 56 valence electrons. The van der Waals surface area contributed by atoms with E-state index in [0.29, 0.717) is 5.33 Å². The lowest BCUT2D eigenvalue weighted by Crippen LogP contribution is -2.17. The Kier molecular flexibility index (Phi) is 4.33. The van der Waals surface area contributed by atoms with Crippen molar-refractivity contribution in [2.24, 2.45) is 0 Å². The Labute approximate surface area is 72.2 Å². The maximum Gasteiger partial charge on any atom is 0.163 e. The fourth-order valence-corrected chi connectivity index (χ4v) is 2.83. The van der Waals surface area contributed by atoms with Crippen molar-refractivity contribution in [2.75, 3.05) is 11.1 Å². The van der Waals surface area contributed by atoms with E-state index < -0.39 is 14.0 Å². The topological polar surface area (TPSA) is 34.1 Å². The lowest BCUT2D eigenvalue weighted by Gasteiger charge is -2.03. The van der Waals surface area contributed by atoms with Crippen LogP contribution in [-0.2, 0) is 9.84 Å². The molecule has 0 aliphatic heterocycles. The third-order valence-corrected chi connectivity index (χ3v) is 6.64. The molecule has 0 aromatic rings. The zero-order valence-corrected chi connectivity index (χ0v) is 8.96. The molecule has 0 amide bonds. The second kappa shape index (κ2) is 3.93. The van der Waals surface area contributed by atoms with Gasteiger partial charge < -0.3 is 0 Å².